The average molecular weight is 466 g/mol. The van der Waals surface area contributed by atoms with E-state index < -0.39 is 17.5 Å². The van der Waals surface area contributed by atoms with Crippen molar-refractivity contribution in [2.75, 3.05) is 0 Å². The minimum absolute atomic E-state index is 0.0285. The second-order valence-corrected chi connectivity index (χ2v) is 8.60. The lowest BCUT2D eigenvalue weighted by Crippen LogP contribution is -2.13. The Balaban J connectivity index is 1.66. The van der Waals surface area contributed by atoms with Gasteiger partial charge in [0.15, 0.2) is 5.82 Å². The summed E-state index contributed by atoms with van der Waals surface area (Å²) in [6.07, 6.45) is 9.59. The molecule has 0 N–H and O–H groups in total. The summed E-state index contributed by atoms with van der Waals surface area (Å²) in [5, 5.41) is 2.09. The average Bonchev–Trinajstić information content (AvgIpc) is 2.80. The largest absolute Gasteiger partial charge is 0.205 e. The van der Waals surface area contributed by atoms with E-state index in [9.17, 15) is 13.2 Å². The number of unbranched alkanes of at least 4 members (excludes halogenated alkanes) is 2. The van der Waals surface area contributed by atoms with Gasteiger partial charge in [0, 0.05) is 17.0 Å². The molecule has 0 saturated heterocycles. The smallest absolute Gasteiger partial charge is 0.150 e. The number of nitrogens with zero attached hydrogens (tertiary/aromatic N) is 1. The molecule has 1 aliphatic carbocycles. The van der Waals surface area contributed by atoms with Crippen molar-refractivity contribution in [1.82, 2.24) is 0 Å². The van der Waals surface area contributed by atoms with Crippen LogP contribution in [0.1, 0.15) is 75.0 Å². The van der Waals surface area contributed by atoms with Crippen LogP contribution in [0.15, 0.2) is 35.3 Å². The number of rotatable bonds is 5. The molecule has 33 heavy (non-hydrogen) atoms. The Hall–Kier alpha value is -2.85. The highest BCUT2D eigenvalue weighted by molar-refractivity contribution is 7.78. The summed E-state index contributed by atoms with van der Waals surface area (Å²) in [5.41, 5.74) is 0.230. The summed E-state index contributed by atoms with van der Waals surface area (Å²) >= 11 is 4.45. The van der Waals surface area contributed by atoms with Crippen molar-refractivity contribution in [2.45, 2.75) is 58.3 Å². The summed E-state index contributed by atoms with van der Waals surface area (Å²) in [7, 11) is 0. The van der Waals surface area contributed by atoms with Gasteiger partial charge >= 0.3 is 0 Å². The van der Waals surface area contributed by atoms with Crippen LogP contribution in [0.3, 0.4) is 0 Å². The van der Waals surface area contributed by atoms with E-state index in [1.165, 1.54) is 62.8 Å². The Morgan fingerprint density at radius 3 is 2.21 bits per heavy atom. The Bertz CT molecular complexity index is 1130. The first-order chi connectivity index (χ1) is 16.0. The van der Waals surface area contributed by atoms with E-state index >= 15 is 0 Å². The SMILES string of the molecule is CCCCCC1CCC(C#Cc2cc(F)c(C#Cc3ccc(N=C=S)c(F)c3)c(F)c2)CC1. The molecule has 1 saturated carbocycles. The topological polar surface area (TPSA) is 12.4 Å². The Labute approximate surface area is 199 Å². The lowest BCUT2D eigenvalue weighted by molar-refractivity contribution is 0.294. The number of thiocarbonyl (C=S) groups is 1. The summed E-state index contributed by atoms with van der Waals surface area (Å²) in [6.45, 7) is 2.22. The monoisotopic (exact) mass is 465 g/mol. The first-order valence-electron chi connectivity index (χ1n) is 11.4. The molecule has 2 aromatic rings. The molecule has 1 nitrogen and oxygen atoms in total. The van der Waals surface area contributed by atoms with Crippen molar-refractivity contribution in [3.63, 3.8) is 0 Å². The van der Waals surface area contributed by atoms with Crippen molar-refractivity contribution >= 4 is 23.1 Å². The van der Waals surface area contributed by atoms with E-state index in [1.807, 2.05) is 0 Å². The Kier molecular flexibility index (Phi) is 9.32. The van der Waals surface area contributed by atoms with Crippen LogP contribution < -0.4 is 0 Å². The van der Waals surface area contributed by atoms with E-state index in [0.29, 0.717) is 5.56 Å². The third kappa shape index (κ3) is 7.33. The van der Waals surface area contributed by atoms with Gasteiger partial charge in [-0.1, -0.05) is 56.3 Å². The fourth-order valence-electron chi connectivity index (χ4n) is 4.09. The number of benzene rings is 2. The standard InChI is InChI=1S/C28H26F3NS/c1-2-3-4-5-20-6-8-21(9-7-20)10-11-23-17-25(29)24(26(30)18-23)14-12-22-13-15-28(32-19-33)27(31)16-22/h13,15-18,20-21H,2-9H2,1H3. The van der Waals surface area contributed by atoms with Crippen molar-refractivity contribution in [3.8, 4) is 23.7 Å². The normalized spacial score (nSPS) is 17.2. The molecule has 1 fully saturated rings. The Morgan fingerprint density at radius 1 is 0.879 bits per heavy atom. The van der Waals surface area contributed by atoms with Crippen molar-refractivity contribution in [2.24, 2.45) is 16.8 Å². The van der Waals surface area contributed by atoms with Crippen LogP contribution in [0.4, 0.5) is 18.9 Å². The first-order valence-corrected chi connectivity index (χ1v) is 11.8. The van der Waals surface area contributed by atoms with Gasteiger partial charge in [-0.2, -0.15) is 4.99 Å². The quantitative estimate of drug-likeness (QED) is 0.189. The number of aliphatic imine (C=N–C) groups is 1. The van der Waals surface area contributed by atoms with Crippen molar-refractivity contribution in [3.05, 3.63) is 64.5 Å². The van der Waals surface area contributed by atoms with Gasteiger partial charge in [-0.15, -0.1) is 0 Å². The molecule has 0 heterocycles. The molecule has 0 bridgehead atoms. The van der Waals surface area contributed by atoms with Gasteiger partial charge in [0.1, 0.15) is 17.3 Å². The molecule has 1 aliphatic rings. The lowest BCUT2D eigenvalue weighted by atomic mass is 9.80. The van der Waals surface area contributed by atoms with Gasteiger partial charge < -0.3 is 0 Å². The fraction of sp³-hybridized carbons (Fsp3) is 0.393. The van der Waals surface area contributed by atoms with E-state index in [0.717, 1.165) is 24.8 Å². The maximum atomic E-state index is 14.5. The fourth-order valence-corrected chi connectivity index (χ4v) is 4.19. The van der Waals surface area contributed by atoms with Gasteiger partial charge in [-0.25, -0.2) is 13.2 Å². The van der Waals surface area contributed by atoms with Crippen molar-refractivity contribution < 1.29 is 13.2 Å². The third-order valence-corrected chi connectivity index (χ3v) is 6.06. The highest BCUT2D eigenvalue weighted by Crippen LogP contribution is 2.31. The minimum atomic E-state index is -0.783. The molecule has 0 unspecified atom stereocenters. The minimum Gasteiger partial charge on any atom is -0.205 e. The predicted molar refractivity (Wildman–Crippen MR) is 130 cm³/mol. The molecule has 0 aromatic heterocycles. The number of hydrogen-bond donors (Lipinski definition) is 0. The van der Waals surface area contributed by atoms with Gasteiger partial charge in [0.25, 0.3) is 0 Å². The zero-order valence-corrected chi connectivity index (χ0v) is 19.5. The second-order valence-electron chi connectivity index (χ2n) is 8.42. The molecule has 2 aromatic carbocycles. The lowest BCUT2D eigenvalue weighted by Gasteiger charge is -2.25. The molecule has 0 radical (unpaired) electrons. The van der Waals surface area contributed by atoms with Gasteiger partial charge in [-0.05, 0) is 74.2 Å². The van der Waals surface area contributed by atoms with Crippen LogP contribution in [-0.4, -0.2) is 5.16 Å². The van der Waals surface area contributed by atoms with Gasteiger partial charge in [0.2, 0.25) is 0 Å². The predicted octanol–water partition coefficient (Wildman–Crippen LogP) is 7.98. The second kappa shape index (κ2) is 12.4. The van der Waals surface area contributed by atoms with Crippen LogP contribution in [-0.2, 0) is 0 Å². The van der Waals surface area contributed by atoms with Crippen LogP contribution >= 0.6 is 12.2 Å². The maximum Gasteiger partial charge on any atom is 0.150 e. The van der Waals surface area contributed by atoms with Gasteiger partial charge in [-0.3, -0.25) is 0 Å². The first kappa shape index (κ1) is 24.8. The van der Waals surface area contributed by atoms with E-state index in [1.54, 1.807) is 0 Å². The van der Waals surface area contributed by atoms with E-state index in [-0.39, 0.29) is 22.7 Å². The zero-order valence-electron chi connectivity index (χ0n) is 18.7. The number of hydrogen-bond acceptors (Lipinski definition) is 2. The molecule has 170 valence electrons. The van der Waals surface area contributed by atoms with E-state index in [4.69, 9.17) is 0 Å². The summed E-state index contributed by atoms with van der Waals surface area (Å²) in [4.78, 5) is 3.58. The molecule has 0 atom stereocenters. The molecule has 0 spiro atoms. The third-order valence-electron chi connectivity index (χ3n) is 5.97. The van der Waals surface area contributed by atoms with Gasteiger partial charge in [0.05, 0.1) is 10.7 Å². The summed E-state index contributed by atoms with van der Waals surface area (Å²) in [5.74, 6) is 10.0. The number of halogens is 3. The molecule has 5 heteroatoms. The van der Waals surface area contributed by atoms with Crippen LogP contribution in [0.5, 0.6) is 0 Å². The zero-order chi connectivity index (χ0) is 23.6. The van der Waals surface area contributed by atoms with E-state index in [2.05, 4.69) is 53.0 Å². The molecule has 0 aliphatic heterocycles. The molecular formula is C28H26F3NS. The summed E-state index contributed by atoms with van der Waals surface area (Å²) in [6, 6.07) is 6.41. The molecule has 0 amide bonds. The number of isothiocyanates is 1. The van der Waals surface area contributed by atoms with Crippen LogP contribution in [0.2, 0.25) is 0 Å². The highest BCUT2D eigenvalue weighted by Gasteiger charge is 2.19. The molecular weight excluding hydrogens is 439 g/mol. The van der Waals surface area contributed by atoms with Crippen LogP contribution in [0, 0.1) is 53.0 Å². The highest BCUT2D eigenvalue weighted by atomic mass is 32.1. The van der Waals surface area contributed by atoms with Crippen molar-refractivity contribution in [1.29, 1.82) is 0 Å². The Morgan fingerprint density at radius 2 is 1.58 bits per heavy atom. The maximum absolute atomic E-state index is 14.5. The summed E-state index contributed by atoms with van der Waals surface area (Å²) < 4.78 is 42.9. The van der Waals surface area contributed by atoms with Crippen LogP contribution in [0.25, 0.3) is 0 Å². The molecule has 3 rings (SSSR count).